The van der Waals surface area contributed by atoms with Crippen LogP contribution in [0.3, 0.4) is 0 Å². The van der Waals surface area contributed by atoms with Crippen LogP contribution >= 0.6 is 0 Å². The van der Waals surface area contributed by atoms with Crippen LogP contribution in [0.15, 0.2) is 60.7 Å². The Morgan fingerprint density at radius 2 is 1.41 bits per heavy atom. The third-order valence-electron chi connectivity index (χ3n) is 6.55. The first-order chi connectivity index (χ1) is 16.5. The lowest BCUT2D eigenvalue weighted by Gasteiger charge is -2.34. The summed E-state index contributed by atoms with van der Waals surface area (Å²) in [6, 6.07) is 19.5. The molecule has 0 aliphatic carbocycles. The van der Waals surface area contributed by atoms with E-state index in [2.05, 4.69) is 50.0 Å². The van der Waals surface area contributed by atoms with Gasteiger partial charge in [-0.15, -0.1) is 0 Å². The summed E-state index contributed by atoms with van der Waals surface area (Å²) < 4.78 is 0. The predicted molar refractivity (Wildman–Crippen MR) is 136 cm³/mol. The molecule has 8 nitrogen and oxygen atoms in total. The predicted octanol–water partition coefficient (Wildman–Crippen LogP) is 2.20. The third-order valence-corrected chi connectivity index (χ3v) is 6.55. The molecule has 3 heterocycles. The summed E-state index contributed by atoms with van der Waals surface area (Å²) in [6.07, 6.45) is 0. The van der Waals surface area contributed by atoms with Crippen LogP contribution in [0.5, 0.6) is 0 Å². The molecule has 0 radical (unpaired) electrons. The van der Waals surface area contributed by atoms with Crippen molar-refractivity contribution in [3.63, 3.8) is 0 Å². The molecule has 0 amide bonds. The average molecular weight is 452 g/mol. The van der Waals surface area contributed by atoms with Crippen molar-refractivity contribution < 1.29 is 10.0 Å². The highest BCUT2D eigenvalue weighted by Gasteiger charge is 2.16. The highest BCUT2D eigenvalue weighted by atomic mass is 16.3. The number of hydrogen-bond donors (Lipinski definition) is 4. The number of anilines is 1. The molecule has 9 heteroatoms. The quantitative estimate of drug-likeness (QED) is 0.313. The molecule has 1 aliphatic rings. The first-order valence-corrected chi connectivity index (χ1v) is 11.4. The second kappa shape index (κ2) is 8.29. The summed E-state index contributed by atoms with van der Waals surface area (Å²) in [5.74, 6) is 1.49. The molecular weight excluding hydrogens is 426 g/mol. The number of aromatic amines is 2. The number of H-pyrrole nitrogens is 2. The summed E-state index contributed by atoms with van der Waals surface area (Å²) in [7, 11) is 0.651. The number of imidazole rings is 2. The van der Waals surface area contributed by atoms with Gasteiger partial charge in [0.2, 0.25) is 0 Å². The molecule has 2 aromatic heterocycles. The van der Waals surface area contributed by atoms with Crippen LogP contribution < -0.4 is 10.4 Å². The van der Waals surface area contributed by atoms with E-state index in [1.807, 2.05) is 24.3 Å². The molecule has 1 fully saturated rings. The molecular formula is C25H25BN6O2. The number of fused-ring (bicyclic) bond motifs is 2. The number of rotatable bonds is 4. The first-order valence-electron chi connectivity index (χ1n) is 11.4. The van der Waals surface area contributed by atoms with Crippen LogP contribution in [-0.4, -0.2) is 75.2 Å². The van der Waals surface area contributed by atoms with E-state index in [0.29, 0.717) is 11.3 Å². The highest BCUT2D eigenvalue weighted by molar-refractivity contribution is 6.58. The van der Waals surface area contributed by atoms with Crippen LogP contribution in [0.2, 0.25) is 0 Å². The largest absolute Gasteiger partial charge is 0.488 e. The molecule has 170 valence electrons. The average Bonchev–Trinajstić information content (AvgIpc) is 3.48. The van der Waals surface area contributed by atoms with Crippen LogP contribution in [0.1, 0.15) is 0 Å². The molecule has 3 aromatic carbocycles. The molecule has 0 unspecified atom stereocenters. The maximum atomic E-state index is 9.47. The fourth-order valence-electron chi connectivity index (χ4n) is 4.54. The van der Waals surface area contributed by atoms with E-state index in [0.717, 1.165) is 65.2 Å². The number of nitrogens with one attached hydrogen (secondary N) is 2. The van der Waals surface area contributed by atoms with Gasteiger partial charge in [0, 0.05) is 43.0 Å². The van der Waals surface area contributed by atoms with Crippen molar-refractivity contribution in [1.82, 2.24) is 24.8 Å². The molecule has 0 atom stereocenters. The molecule has 0 saturated carbocycles. The second-order valence-corrected chi connectivity index (χ2v) is 8.89. The lowest BCUT2D eigenvalue weighted by Crippen LogP contribution is -2.44. The van der Waals surface area contributed by atoms with Gasteiger partial charge in [-0.1, -0.05) is 24.3 Å². The smallest absolute Gasteiger partial charge is 0.423 e. The summed E-state index contributed by atoms with van der Waals surface area (Å²) in [4.78, 5) is 21.1. The van der Waals surface area contributed by atoms with Gasteiger partial charge in [0.1, 0.15) is 11.6 Å². The van der Waals surface area contributed by atoms with Gasteiger partial charge in [-0.2, -0.15) is 0 Å². The Morgan fingerprint density at radius 3 is 2.12 bits per heavy atom. The van der Waals surface area contributed by atoms with E-state index >= 15 is 0 Å². The topological polar surface area (TPSA) is 104 Å². The van der Waals surface area contributed by atoms with E-state index < -0.39 is 7.12 Å². The van der Waals surface area contributed by atoms with Crippen LogP contribution in [0.4, 0.5) is 5.69 Å². The minimum Gasteiger partial charge on any atom is -0.423 e. The Kier molecular flexibility index (Phi) is 5.10. The van der Waals surface area contributed by atoms with Gasteiger partial charge < -0.3 is 29.8 Å². The van der Waals surface area contributed by atoms with E-state index in [4.69, 9.17) is 4.98 Å². The molecule has 5 aromatic rings. The standard InChI is InChI=1S/C25H25BN6O2/c1-31-9-11-32(12-10-31)19-6-8-21-23(15-19)30-25(28-21)17-5-7-20-22(14-17)29-24(27-20)16-3-2-4-18(13-16)26(33)34/h2-8,13-15,33-34H,9-12H2,1H3,(H,27,29)(H,28,30)/i26-1. The van der Waals surface area contributed by atoms with Crippen molar-refractivity contribution in [2.75, 3.05) is 38.1 Å². The Morgan fingerprint density at radius 1 is 0.765 bits per heavy atom. The molecule has 1 saturated heterocycles. The van der Waals surface area contributed by atoms with Crippen molar-refractivity contribution in [2.24, 2.45) is 0 Å². The zero-order valence-electron chi connectivity index (χ0n) is 18.9. The number of benzene rings is 3. The second-order valence-electron chi connectivity index (χ2n) is 8.89. The van der Waals surface area contributed by atoms with Crippen molar-refractivity contribution in [3.05, 3.63) is 60.7 Å². The first kappa shape index (κ1) is 20.9. The SMILES string of the molecule is CN1CCN(c2ccc3nc(-c4ccc5nc(-c6cccc([10B](O)O)c6)[nH]c5c4)[nH]c3c2)CC1. The summed E-state index contributed by atoms with van der Waals surface area (Å²) in [5, 5.41) is 18.9. The molecule has 0 spiro atoms. The Labute approximate surface area is 197 Å². The summed E-state index contributed by atoms with van der Waals surface area (Å²) >= 11 is 0. The monoisotopic (exact) mass is 451 g/mol. The van der Waals surface area contributed by atoms with Gasteiger partial charge in [-0.25, -0.2) is 9.97 Å². The number of aromatic nitrogens is 4. The lowest BCUT2D eigenvalue weighted by molar-refractivity contribution is 0.313. The highest BCUT2D eigenvalue weighted by Crippen LogP contribution is 2.28. The Hall–Kier alpha value is -3.66. The van der Waals surface area contributed by atoms with Gasteiger partial charge in [0.05, 0.1) is 22.1 Å². The zero-order valence-corrected chi connectivity index (χ0v) is 18.9. The van der Waals surface area contributed by atoms with E-state index in [1.54, 1.807) is 18.2 Å². The fourth-order valence-corrected chi connectivity index (χ4v) is 4.54. The Balaban J connectivity index is 1.31. The number of likely N-dealkylation sites (N-methyl/N-ethyl adjacent to an activating group) is 1. The van der Waals surface area contributed by atoms with Gasteiger partial charge in [-0.3, -0.25) is 0 Å². The van der Waals surface area contributed by atoms with Crippen molar-refractivity contribution in [1.29, 1.82) is 0 Å². The number of nitrogens with zero attached hydrogens (tertiary/aromatic N) is 4. The molecule has 34 heavy (non-hydrogen) atoms. The molecule has 6 rings (SSSR count). The fraction of sp³-hybridized carbons (Fsp3) is 0.200. The van der Waals surface area contributed by atoms with Crippen LogP contribution in [0, 0.1) is 0 Å². The van der Waals surface area contributed by atoms with Crippen LogP contribution in [0.25, 0.3) is 44.8 Å². The van der Waals surface area contributed by atoms with E-state index in [9.17, 15) is 10.0 Å². The minimum atomic E-state index is -1.51. The summed E-state index contributed by atoms with van der Waals surface area (Å²) in [6.45, 7) is 4.21. The number of piperazine rings is 1. The minimum absolute atomic E-state index is 0.428. The van der Waals surface area contributed by atoms with E-state index in [1.165, 1.54) is 5.69 Å². The summed E-state index contributed by atoms with van der Waals surface area (Å²) in [5.41, 5.74) is 7.11. The van der Waals surface area contributed by atoms with Gasteiger partial charge in [0.25, 0.3) is 0 Å². The molecule has 4 N–H and O–H groups in total. The third kappa shape index (κ3) is 3.83. The van der Waals surface area contributed by atoms with Gasteiger partial charge >= 0.3 is 7.12 Å². The number of hydrogen-bond acceptors (Lipinski definition) is 6. The van der Waals surface area contributed by atoms with Crippen molar-refractivity contribution in [2.45, 2.75) is 0 Å². The normalized spacial score (nSPS) is 14.9. The van der Waals surface area contributed by atoms with Crippen molar-refractivity contribution in [3.8, 4) is 22.8 Å². The maximum absolute atomic E-state index is 9.47. The Bertz CT molecular complexity index is 1490. The van der Waals surface area contributed by atoms with E-state index in [-0.39, 0.29) is 0 Å². The van der Waals surface area contributed by atoms with Crippen LogP contribution in [-0.2, 0) is 0 Å². The zero-order chi connectivity index (χ0) is 23.2. The van der Waals surface area contributed by atoms with Gasteiger partial charge in [-0.05, 0) is 48.9 Å². The van der Waals surface area contributed by atoms with Gasteiger partial charge in [0.15, 0.2) is 0 Å². The maximum Gasteiger partial charge on any atom is 0.488 e. The molecule has 0 bridgehead atoms. The van der Waals surface area contributed by atoms with Crippen molar-refractivity contribution >= 4 is 40.3 Å². The lowest BCUT2D eigenvalue weighted by atomic mass is 9.26. The molecule has 1 aliphatic heterocycles.